The van der Waals surface area contributed by atoms with Gasteiger partial charge in [0.25, 0.3) is 0 Å². The van der Waals surface area contributed by atoms with Crippen molar-refractivity contribution in [1.29, 1.82) is 0 Å². The molecule has 0 spiro atoms. The van der Waals surface area contributed by atoms with Gasteiger partial charge in [0, 0.05) is 0 Å². The van der Waals surface area contributed by atoms with Crippen LogP contribution in [0.1, 0.15) is 39.5 Å². The van der Waals surface area contributed by atoms with Gasteiger partial charge < -0.3 is 15.0 Å². The molecule has 1 aromatic carbocycles. The normalized spacial score (nSPS) is 11.6. The maximum Gasteiger partial charge on any atom is 0.247 e. The Morgan fingerprint density at radius 2 is 1.90 bits per heavy atom. The molecule has 2 aromatic rings. The summed E-state index contributed by atoms with van der Waals surface area (Å²) in [4.78, 5) is 4.45. The topological polar surface area (TPSA) is 74.2 Å². The summed E-state index contributed by atoms with van der Waals surface area (Å²) in [5.74, 6) is 1.74. The SMILES string of the molecule is CCOc1ccccc1-c1noc(C(N)(CC)CC)n1. The molecule has 0 aliphatic heterocycles. The van der Waals surface area contributed by atoms with Gasteiger partial charge in [-0.3, -0.25) is 0 Å². The highest BCUT2D eigenvalue weighted by atomic mass is 16.5. The molecule has 5 nitrogen and oxygen atoms in total. The summed E-state index contributed by atoms with van der Waals surface area (Å²) in [7, 11) is 0. The lowest BCUT2D eigenvalue weighted by Gasteiger charge is -2.20. The van der Waals surface area contributed by atoms with Crippen molar-refractivity contribution in [3.05, 3.63) is 30.2 Å². The van der Waals surface area contributed by atoms with Crippen LogP contribution in [0.4, 0.5) is 0 Å². The maximum atomic E-state index is 6.28. The molecule has 2 N–H and O–H groups in total. The first-order valence-electron chi connectivity index (χ1n) is 6.99. The van der Waals surface area contributed by atoms with Crippen LogP contribution in [-0.4, -0.2) is 16.7 Å². The molecule has 0 fully saturated rings. The van der Waals surface area contributed by atoms with Crippen molar-refractivity contribution >= 4 is 0 Å². The summed E-state index contributed by atoms with van der Waals surface area (Å²) >= 11 is 0. The van der Waals surface area contributed by atoms with Gasteiger partial charge in [0.2, 0.25) is 11.7 Å². The molecule has 5 heteroatoms. The summed E-state index contributed by atoms with van der Waals surface area (Å²) in [5, 5.41) is 4.05. The molecular weight excluding hydrogens is 254 g/mol. The second-order valence-electron chi connectivity index (χ2n) is 4.72. The zero-order valence-corrected chi connectivity index (χ0v) is 12.2. The molecule has 20 heavy (non-hydrogen) atoms. The van der Waals surface area contributed by atoms with Crippen molar-refractivity contribution in [2.75, 3.05) is 6.61 Å². The van der Waals surface area contributed by atoms with Gasteiger partial charge in [0.05, 0.1) is 17.7 Å². The molecule has 0 aliphatic carbocycles. The average Bonchev–Trinajstić information content (AvgIpc) is 2.97. The number of nitrogens with two attached hydrogens (primary N) is 1. The van der Waals surface area contributed by atoms with Gasteiger partial charge in [-0.25, -0.2) is 0 Å². The maximum absolute atomic E-state index is 6.28. The van der Waals surface area contributed by atoms with E-state index in [-0.39, 0.29) is 0 Å². The molecule has 0 bridgehead atoms. The monoisotopic (exact) mass is 275 g/mol. The molecule has 0 saturated heterocycles. The highest BCUT2D eigenvalue weighted by molar-refractivity contribution is 5.63. The van der Waals surface area contributed by atoms with Crippen molar-refractivity contribution in [3.63, 3.8) is 0 Å². The fourth-order valence-corrected chi connectivity index (χ4v) is 2.02. The van der Waals surface area contributed by atoms with E-state index in [0.717, 1.165) is 24.2 Å². The van der Waals surface area contributed by atoms with Gasteiger partial charge in [0.15, 0.2) is 0 Å². The third-order valence-corrected chi connectivity index (χ3v) is 3.54. The summed E-state index contributed by atoms with van der Waals surface area (Å²) in [6.45, 7) is 6.56. The van der Waals surface area contributed by atoms with Gasteiger partial charge in [-0.15, -0.1) is 0 Å². The van der Waals surface area contributed by atoms with Crippen molar-refractivity contribution in [2.24, 2.45) is 5.73 Å². The Bertz CT molecular complexity index is 562. The van der Waals surface area contributed by atoms with E-state index in [1.54, 1.807) is 0 Å². The quantitative estimate of drug-likeness (QED) is 0.876. The summed E-state index contributed by atoms with van der Waals surface area (Å²) in [6.07, 6.45) is 1.50. The van der Waals surface area contributed by atoms with Crippen LogP contribution in [0.25, 0.3) is 11.4 Å². The van der Waals surface area contributed by atoms with E-state index in [4.69, 9.17) is 15.0 Å². The van der Waals surface area contributed by atoms with E-state index in [1.807, 2.05) is 45.0 Å². The van der Waals surface area contributed by atoms with Crippen LogP contribution < -0.4 is 10.5 Å². The Morgan fingerprint density at radius 3 is 2.55 bits per heavy atom. The van der Waals surface area contributed by atoms with Crippen molar-refractivity contribution in [1.82, 2.24) is 10.1 Å². The van der Waals surface area contributed by atoms with E-state index < -0.39 is 5.54 Å². The number of nitrogens with zero attached hydrogens (tertiary/aromatic N) is 2. The highest BCUT2D eigenvalue weighted by Crippen LogP contribution is 2.30. The standard InChI is InChI=1S/C15H21N3O2/c1-4-15(16,5-2)14-17-13(18-20-14)11-9-7-8-10-12(11)19-6-3/h7-10H,4-6,16H2,1-3H3. The van der Waals surface area contributed by atoms with Crippen LogP contribution in [0, 0.1) is 0 Å². The molecule has 1 aromatic heterocycles. The van der Waals surface area contributed by atoms with Gasteiger partial charge in [-0.2, -0.15) is 4.98 Å². The van der Waals surface area contributed by atoms with Crippen molar-refractivity contribution in [2.45, 2.75) is 39.2 Å². The molecule has 2 rings (SSSR count). The summed E-state index contributed by atoms with van der Waals surface area (Å²) in [6, 6.07) is 7.64. The van der Waals surface area contributed by atoms with Crippen LogP contribution in [-0.2, 0) is 5.54 Å². The number of hydrogen-bond acceptors (Lipinski definition) is 5. The number of benzene rings is 1. The van der Waals surface area contributed by atoms with Crippen LogP contribution in [0.3, 0.4) is 0 Å². The molecule has 0 atom stereocenters. The highest BCUT2D eigenvalue weighted by Gasteiger charge is 2.30. The Kier molecular flexibility index (Phi) is 4.39. The second-order valence-corrected chi connectivity index (χ2v) is 4.72. The van der Waals surface area contributed by atoms with Crippen LogP contribution in [0.5, 0.6) is 5.75 Å². The minimum absolute atomic E-state index is 0.476. The lowest BCUT2D eigenvalue weighted by Crippen LogP contribution is -2.35. The Labute approximate surface area is 119 Å². The third kappa shape index (κ3) is 2.67. The lowest BCUT2D eigenvalue weighted by atomic mass is 9.94. The first kappa shape index (κ1) is 14.5. The molecule has 0 aliphatic rings. The van der Waals surface area contributed by atoms with E-state index in [2.05, 4.69) is 10.1 Å². The largest absolute Gasteiger partial charge is 0.493 e. The Morgan fingerprint density at radius 1 is 1.20 bits per heavy atom. The van der Waals surface area contributed by atoms with Gasteiger partial charge in [0.1, 0.15) is 5.75 Å². The van der Waals surface area contributed by atoms with Crippen molar-refractivity contribution < 1.29 is 9.26 Å². The zero-order chi connectivity index (χ0) is 14.6. The third-order valence-electron chi connectivity index (χ3n) is 3.54. The predicted octanol–water partition coefficient (Wildman–Crippen LogP) is 3.11. The Hall–Kier alpha value is -1.88. The first-order chi connectivity index (χ1) is 9.64. The molecule has 108 valence electrons. The number of para-hydroxylation sites is 1. The molecule has 0 saturated carbocycles. The summed E-state index contributed by atoms with van der Waals surface area (Å²) in [5.41, 5.74) is 6.53. The molecule has 0 amide bonds. The van der Waals surface area contributed by atoms with Crippen LogP contribution in [0.2, 0.25) is 0 Å². The minimum atomic E-state index is -0.564. The molecule has 1 heterocycles. The fraction of sp³-hybridized carbons (Fsp3) is 0.467. The van der Waals surface area contributed by atoms with Crippen LogP contribution in [0.15, 0.2) is 28.8 Å². The molecular formula is C15H21N3O2. The molecule has 0 unspecified atom stereocenters. The van der Waals surface area contributed by atoms with E-state index >= 15 is 0 Å². The predicted molar refractivity (Wildman–Crippen MR) is 77.4 cm³/mol. The number of aromatic nitrogens is 2. The van der Waals surface area contributed by atoms with E-state index in [0.29, 0.717) is 18.3 Å². The van der Waals surface area contributed by atoms with E-state index in [9.17, 15) is 0 Å². The number of rotatable bonds is 6. The van der Waals surface area contributed by atoms with E-state index in [1.165, 1.54) is 0 Å². The Balaban J connectivity index is 2.38. The summed E-state index contributed by atoms with van der Waals surface area (Å²) < 4.78 is 10.9. The first-order valence-corrected chi connectivity index (χ1v) is 6.99. The number of ether oxygens (including phenoxy) is 1. The number of hydrogen-bond donors (Lipinski definition) is 1. The lowest BCUT2D eigenvalue weighted by molar-refractivity contribution is 0.268. The van der Waals surface area contributed by atoms with Crippen molar-refractivity contribution in [3.8, 4) is 17.1 Å². The van der Waals surface area contributed by atoms with Gasteiger partial charge in [-0.05, 0) is 31.9 Å². The van der Waals surface area contributed by atoms with Crippen LogP contribution >= 0.6 is 0 Å². The fourth-order valence-electron chi connectivity index (χ4n) is 2.02. The zero-order valence-electron chi connectivity index (χ0n) is 12.2. The smallest absolute Gasteiger partial charge is 0.247 e. The van der Waals surface area contributed by atoms with Gasteiger partial charge >= 0.3 is 0 Å². The molecule has 0 radical (unpaired) electrons. The average molecular weight is 275 g/mol. The minimum Gasteiger partial charge on any atom is -0.493 e. The second kappa shape index (κ2) is 6.05. The van der Waals surface area contributed by atoms with Gasteiger partial charge in [-0.1, -0.05) is 31.1 Å².